The highest BCUT2D eigenvalue weighted by molar-refractivity contribution is 7.91. The van der Waals surface area contributed by atoms with Gasteiger partial charge < -0.3 is 57.2 Å². The van der Waals surface area contributed by atoms with E-state index in [0.717, 1.165) is 38.5 Å². The lowest BCUT2D eigenvalue weighted by atomic mass is 9.82. The summed E-state index contributed by atoms with van der Waals surface area (Å²) in [6.45, 7) is 14.9. The highest BCUT2D eigenvalue weighted by atomic mass is 32.2. The van der Waals surface area contributed by atoms with Gasteiger partial charge in [0.15, 0.2) is 45.8 Å². The Hall–Kier alpha value is -10.6. The van der Waals surface area contributed by atoms with Gasteiger partial charge in [0.1, 0.15) is 50.1 Å². The Kier molecular flexibility index (Phi) is 27.4. The molecule has 0 radical (unpaired) electrons. The molecule has 6 fully saturated rings. The van der Waals surface area contributed by atoms with Crippen LogP contribution in [0.4, 0.5) is 17.6 Å². The molecule has 10 aliphatic rings. The maximum absolute atomic E-state index is 15.2. The molecule has 132 heavy (non-hydrogen) atoms. The number of hydrogen-bond acceptors (Lipinski definition) is 24. The Bertz CT molecular complexity index is 5430. The molecular weight excluding hydrogens is 1750 g/mol. The monoisotopic (exact) mass is 1870 g/mol. The molecule has 4 amide bonds. The number of halogens is 4. The molecule has 2 saturated heterocycles. The van der Waals surface area contributed by atoms with Crippen molar-refractivity contribution < 1.29 is 120 Å². The molecule has 6 aromatic rings. The summed E-state index contributed by atoms with van der Waals surface area (Å²) in [4.78, 5) is 128. The van der Waals surface area contributed by atoms with E-state index in [4.69, 9.17) is 57.3 Å². The molecule has 4 aliphatic carbocycles. The summed E-state index contributed by atoms with van der Waals surface area (Å²) in [5, 5.41) is 1.38. The predicted octanol–water partition coefficient (Wildman–Crippen LogP) is 15.2. The molecule has 4 saturated carbocycles. The topological polar surface area (TPSA) is 353 Å². The number of ketones is 2. The van der Waals surface area contributed by atoms with Gasteiger partial charge in [0.25, 0.3) is 11.8 Å². The van der Waals surface area contributed by atoms with Crippen LogP contribution < -0.4 is 47.3 Å². The second-order valence-corrected chi connectivity index (χ2v) is 43.0. The van der Waals surface area contributed by atoms with Crippen LogP contribution in [0, 0.1) is 58.2 Å². The first-order chi connectivity index (χ1) is 62.3. The molecule has 28 nitrogen and oxygen atoms in total. The fourth-order valence-corrected chi connectivity index (χ4v) is 21.8. The SMILES string of the molecule is COc1ccc2c(O[C@@H]3C[C@H]4C(=O)C[C@]5(C(=O)NS(=O)(=O)C6CC6)C[C@H]5/C=C\CC[C@@H](C)C[C@@H](C)[C@H](CC(=O)OC(C)(C)C(C)(F)F)C(=O)N4C3)nc(-c3ccc4c(c3)OCCO4)cc2c1.COc1ccc2c(O[C@@H]3C[C@H]4C(=O)C[C@]5(C(=O)NS(=O)(=O)C6CC6)C[C@H]5/C=C\CC[C@H](C)C[C@@H](C)[C@H](CC(=O)OC(C)(C)C(C)(F)F)C(=O)N4C3)nc(-c3ccc4c(c3)OCCO4)cc2c1. The number of methoxy groups -OCH3 is 2. The van der Waals surface area contributed by atoms with E-state index >= 15 is 9.59 Å². The number of nitrogens with zero attached hydrogens (tertiary/aromatic N) is 4. The molecule has 0 spiro atoms. The van der Waals surface area contributed by atoms with Crippen molar-refractivity contribution in [1.82, 2.24) is 29.2 Å². The van der Waals surface area contributed by atoms with Gasteiger partial charge in [-0.15, -0.1) is 0 Å². The molecule has 14 atom stereocenters. The van der Waals surface area contributed by atoms with E-state index in [2.05, 4.69) is 9.44 Å². The average Bonchev–Trinajstić information content (AvgIpc) is 1.57. The number of allylic oxidation sites excluding steroid dienone is 4. The number of esters is 2. The molecule has 2 aromatic heterocycles. The van der Waals surface area contributed by atoms with E-state index in [1.165, 1.54) is 9.80 Å². The Labute approximate surface area is 766 Å². The van der Waals surface area contributed by atoms with Crippen LogP contribution in [0.2, 0.25) is 0 Å². The van der Waals surface area contributed by atoms with Gasteiger partial charge in [-0.05, 0) is 236 Å². The minimum Gasteiger partial charge on any atom is -0.497 e. The number of alkyl halides is 4. The number of fused-ring (bicyclic) bond motifs is 8. The van der Waals surface area contributed by atoms with E-state index in [0.29, 0.717) is 172 Å². The van der Waals surface area contributed by atoms with Crippen molar-refractivity contribution in [3.63, 3.8) is 0 Å². The zero-order valence-corrected chi connectivity index (χ0v) is 78.2. The molecule has 0 bridgehead atoms. The molecule has 2 N–H and O–H groups in total. The third kappa shape index (κ3) is 21.1. The summed E-state index contributed by atoms with van der Waals surface area (Å²) < 4.78 is 174. The van der Waals surface area contributed by atoms with Crippen LogP contribution in [0.1, 0.15) is 185 Å². The van der Waals surface area contributed by atoms with Gasteiger partial charge in [-0.2, -0.15) is 0 Å². The number of sulfonamides is 2. The minimum absolute atomic E-state index is 0.0201. The molecule has 4 aromatic carbocycles. The van der Waals surface area contributed by atoms with Gasteiger partial charge in [-0.3, -0.25) is 47.8 Å². The highest BCUT2D eigenvalue weighted by Gasteiger charge is 2.64. The number of pyridine rings is 2. The quantitative estimate of drug-likeness (QED) is 0.0362. The first-order valence-electron chi connectivity index (χ1n) is 45.8. The first-order valence-corrected chi connectivity index (χ1v) is 48.9. The summed E-state index contributed by atoms with van der Waals surface area (Å²) >= 11 is 0. The molecule has 34 heteroatoms. The number of carbonyl (C=O) groups excluding carboxylic acids is 8. The van der Waals surface area contributed by atoms with E-state index in [9.17, 15) is 63.2 Å². The van der Waals surface area contributed by atoms with Crippen molar-refractivity contribution in [2.24, 2.45) is 58.2 Å². The van der Waals surface area contributed by atoms with Crippen LogP contribution in [0.3, 0.4) is 0 Å². The molecular formula is C98H118F4N6O22S2. The van der Waals surface area contributed by atoms with Crippen molar-refractivity contribution in [2.75, 3.05) is 53.7 Å². The molecule has 8 heterocycles. The van der Waals surface area contributed by atoms with Gasteiger partial charge in [0, 0.05) is 61.4 Å². The van der Waals surface area contributed by atoms with Crippen LogP contribution in [0.25, 0.3) is 44.1 Å². The normalized spacial score (nSPS) is 27.7. The maximum atomic E-state index is 15.2. The number of amides is 4. The average molecular weight is 1870 g/mol. The smallest absolute Gasteiger partial charge is 0.307 e. The van der Waals surface area contributed by atoms with Crippen molar-refractivity contribution >= 4 is 88.7 Å². The zero-order valence-electron chi connectivity index (χ0n) is 76.5. The highest BCUT2D eigenvalue weighted by Crippen LogP contribution is 2.59. The van der Waals surface area contributed by atoms with E-state index in [1.54, 1.807) is 50.6 Å². The number of nitrogens with one attached hydrogen (secondary N) is 2. The van der Waals surface area contributed by atoms with Crippen molar-refractivity contribution in [3.05, 3.63) is 109 Å². The summed E-state index contributed by atoms with van der Waals surface area (Å²) in [7, 11) is -4.77. The van der Waals surface area contributed by atoms with Gasteiger partial charge in [0.2, 0.25) is 55.4 Å². The van der Waals surface area contributed by atoms with Crippen LogP contribution in [0.5, 0.6) is 46.3 Å². The van der Waals surface area contributed by atoms with Gasteiger partial charge in [-0.25, -0.2) is 44.4 Å². The van der Waals surface area contributed by atoms with E-state index < -0.39 is 184 Å². The lowest BCUT2D eigenvalue weighted by molar-refractivity contribution is -0.197. The number of hydrogen-bond donors (Lipinski definition) is 2. The second-order valence-electron chi connectivity index (χ2n) is 39.1. The third-order valence-corrected chi connectivity index (χ3v) is 31.8. The standard InChI is InChI=1S/2C49H59F2N3O11S/c2*1-28-9-7-8-10-32-25-49(32,46(58)53-66(59,60)35-13-14-35)26-40(55)39-23-34(27-54(39)45(57)37(29(2)19-28)24-43(56)65-47(3,4)48(5,50)51)64-44-36-15-12-33(61-6)20-31(36)21-38(52-44)30-11-16-41-42(22-30)63-18-17-62-41/h2*8,10-12,15-16,20-22,28-29,32,34-35,37,39H,7,9,13-14,17-19,23-27H2,1-6H3,(H,53,58)/b2*10-8-/t28-,29+,32+,34+,37-,39-,49+;28-,29-,32-,34-,37+,39+,49-/m01/s1. The lowest BCUT2D eigenvalue weighted by Gasteiger charge is -2.34. The fraction of sp³-hybridized carbons (Fsp3) is 0.571. The Balaban J connectivity index is 0.000000202. The molecule has 712 valence electrons. The van der Waals surface area contributed by atoms with Gasteiger partial charge in [-0.1, -0.05) is 52.0 Å². The van der Waals surface area contributed by atoms with Crippen molar-refractivity contribution in [1.29, 1.82) is 0 Å². The number of aromatic nitrogens is 2. The van der Waals surface area contributed by atoms with Gasteiger partial charge in [0.05, 0.1) is 96.8 Å². The lowest BCUT2D eigenvalue weighted by Crippen LogP contribution is -2.48. The number of carbonyl (C=O) groups is 8. The first kappa shape index (κ1) is 96.0. The Morgan fingerprint density at radius 2 is 0.864 bits per heavy atom. The maximum Gasteiger partial charge on any atom is 0.307 e. The van der Waals surface area contributed by atoms with Crippen molar-refractivity contribution in [2.45, 2.75) is 243 Å². The van der Waals surface area contributed by atoms with Crippen LogP contribution in [-0.4, -0.2) is 195 Å². The van der Waals surface area contributed by atoms with Crippen LogP contribution >= 0.6 is 0 Å². The predicted molar refractivity (Wildman–Crippen MR) is 479 cm³/mol. The second kappa shape index (κ2) is 37.7. The molecule has 6 aliphatic heterocycles. The zero-order chi connectivity index (χ0) is 94.7. The number of rotatable bonds is 22. The fourth-order valence-electron chi connectivity index (χ4n) is 19.0. The number of Topliss-reactive ketones (excluding diaryl/α,β-unsaturated/α-hetero) is 2. The third-order valence-electron chi connectivity index (χ3n) is 28.2. The van der Waals surface area contributed by atoms with Crippen molar-refractivity contribution in [3.8, 4) is 68.8 Å². The van der Waals surface area contributed by atoms with Crippen LogP contribution in [0.15, 0.2) is 109 Å². The summed E-state index contributed by atoms with van der Waals surface area (Å²) in [5.74, 6) is -12.1. The Morgan fingerprint density at radius 3 is 1.22 bits per heavy atom. The Morgan fingerprint density at radius 1 is 0.492 bits per heavy atom. The summed E-state index contributed by atoms with van der Waals surface area (Å²) in [5.41, 5.74) is -4.58. The minimum atomic E-state index is -3.94. The summed E-state index contributed by atoms with van der Waals surface area (Å²) in [6, 6.07) is 23.3. The van der Waals surface area contributed by atoms with E-state index in [1.807, 2.05) is 101 Å². The number of ether oxygens (including phenoxy) is 10. The molecule has 0 unspecified atom stereocenters. The van der Waals surface area contributed by atoms with Crippen LogP contribution in [-0.2, 0) is 67.9 Å². The van der Waals surface area contributed by atoms with E-state index in [-0.39, 0.29) is 75.2 Å². The van der Waals surface area contributed by atoms with Gasteiger partial charge >= 0.3 is 11.9 Å². The summed E-state index contributed by atoms with van der Waals surface area (Å²) in [6.07, 6.45) is 10.1. The largest absolute Gasteiger partial charge is 0.497 e. The number of benzene rings is 4. The molecule has 16 rings (SSSR count).